The Balaban J connectivity index is 4.14. The standard InChI is InChI=1S/C76H140O6/c1-4-7-10-13-16-19-22-24-26-28-30-32-34-36-37-38-39-41-42-44-46-48-50-52-54-57-60-63-66-69-75(78)81-72-73(71-80-74(77)68-65-62-59-56-21-18-15-12-9-6-3)82-76(79)70-67-64-61-58-55-53-51-49-47-45-43-40-35-33-31-29-27-25-23-20-17-14-11-8-5-2/h22,24,28-31,34,36,73H,4-21,23,25-27,32-33,35,37-72H2,1-3H3/b24-22-,30-28-,31-29-,36-34-. The Labute approximate surface area is 511 Å². The fraction of sp³-hybridized carbons (Fsp3) is 0.855. The summed E-state index contributed by atoms with van der Waals surface area (Å²) in [5.74, 6) is -0.844. The Morgan fingerprint density at radius 3 is 0.695 bits per heavy atom. The van der Waals surface area contributed by atoms with E-state index in [9.17, 15) is 14.4 Å². The van der Waals surface area contributed by atoms with E-state index in [-0.39, 0.29) is 31.1 Å². The highest BCUT2D eigenvalue weighted by atomic mass is 16.6. The number of ether oxygens (including phenoxy) is 3. The average Bonchev–Trinajstić information content (AvgIpc) is 3.48. The van der Waals surface area contributed by atoms with E-state index in [1.165, 1.54) is 289 Å². The van der Waals surface area contributed by atoms with Crippen LogP contribution < -0.4 is 0 Å². The molecule has 6 nitrogen and oxygen atoms in total. The molecule has 0 aliphatic rings. The zero-order valence-corrected chi connectivity index (χ0v) is 55.3. The Morgan fingerprint density at radius 1 is 0.244 bits per heavy atom. The van der Waals surface area contributed by atoms with Crippen LogP contribution >= 0.6 is 0 Å². The molecule has 0 aromatic rings. The molecule has 0 rings (SSSR count). The van der Waals surface area contributed by atoms with Gasteiger partial charge in [-0.25, -0.2) is 0 Å². The molecule has 0 saturated heterocycles. The van der Waals surface area contributed by atoms with Crippen molar-refractivity contribution in [2.75, 3.05) is 13.2 Å². The van der Waals surface area contributed by atoms with Crippen LogP contribution in [0.15, 0.2) is 48.6 Å². The highest BCUT2D eigenvalue weighted by Gasteiger charge is 2.19. The molecule has 0 amide bonds. The van der Waals surface area contributed by atoms with Crippen LogP contribution in [0.2, 0.25) is 0 Å². The van der Waals surface area contributed by atoms with Crippen LogP contribution in [0.25, 0.3) is 0 Å². The normalized spacial score (nSPS) is 12.3. The molecule has 480 valence electrons. The molecule has 0 radical (unpaired) electrons. The highest BCUT2D eigenvalue weighted by Crippen LogP contribution is 2.18. The summed E-state index contributed by atoms with van der Waals surface area (Å²) >= 11 is 0. The van der Waals surface area contributed by atoms with Gasteiger partial charge >= 0.3 is 17.9 Å². The second-order valence-corrected chi connectivity index (χ2v) is 24.9. The summed E-state index contributed by atoms with van der Waals surface area (Å²) in [6.07, 6.45) is 90.2. The van der Waals surface area contributed by atoms with Crippen molar-refractivity contribution in [3.05, 3.63) is 48.6 Å². The summed E-state index contributed by atoms with van der Waals surface area (Å²) in [7, 11) is 0. The molecule has 1 atom stereocenters. The number of hydrogen-bond acceptors (Lipinski definition) is 6. The van der Waals surface area contributed by atoms with Gasteiger partial charge < -0.3 is 14.2 Å². The number of esters is 3. The zero-order valence-electron chi connectivity index (χ0n) is 55.3. The minimum Gasteiger partial charge on any atom is -0.462 e. The van der Waals surface area contributed by atoms with Gasteiger partial charge in [-0.2, -0.15) is 0 Å². The Bertz CT molecular complexity index is 1410. The van der Waals surface area contributed by atoms with Crippen LogP contribution in [0.3, 0.4) is 0 Å². The quantitative estimate of drug-likeness (QED) is 0.0261. The van der Waals surface area contributed by atoms with Crippen LogP contribution in [0.5, 0.6) is 0 Å². The van der Waals surface area contributed by atoms with Gasteiger partial charge in [0.15, 0.2) is 6.10 Å². The van der Waals surface area contributed by atoms with Gasteiger partial charge in [0.1, 0.15) is 13.2 Å². The SMILES string of the molecule is CCCCCCC/C=C\C/C=C\C/C=C\CCCCCCCCCCCCCCCCC(=O)OCC(COC(=O)CCCCCCCCCCCC)OC(=O)CCCCCCCCCCCCCCC/C=C\CCCCCCCCCC. The summed E-state index contributed by atoms with van der Waals surface area (Å²) in [6, 6.07) is 0. The maximum atomic E-state index is 12.9. The molecule has 82 heavy (non-hydrogen) atoms. The molecular weight excluding hydrogens is 1010 g/mol. The number of hydrogen-bond donors (Lipinski definition) is 0. The summed E-state index contributed by atoms with van der Waals surface area (Å²) in [5, 5.41) is 0. The van der Waals surface area contributed by atoms with Crippen LogP contribution in [0.4, 0.5) is 0 Å². The molecule has 0 N–H and O–H groups in total. The van der Waals surface area contributed by atoms with E-state index in [1.807, 2.05) is 0 Å². The third kappa shape index (κ3) is 68.2. The van der Waals surface area contributed by atoms with Gasteiger partial charge in [0.05, 0.1) is 0 Å². The van der Waals surface area contributed by atoms with Crippen molar-refractivity contribution < 1.29 is 28.6 Å². The fourth-order valence-electron chi connectivity index (χ4n) is 11.0. The topological polar surface area (TPSA) is 78.9 Å². The van der Waals surface area contributed by atoms with E-state index in [1.54, 1.807) is 0 Å². The summed E-state index contributed by atoms with van der Waals surface area (Å²) < 4.78 is 17.0. The molecule has 0 aliphatic heterocycles. The van der Waals surface area contributed by atoms with Gasteiger partial charge in [0, 0.05) is 19.3 Å². The summed E-state index contributed by atoms with van der Waals surface area (Å²) in [4.78, 5) is 38.4. The Morgan fingerprint density at radius 2 is 0.439 bits per heavy atom. The maximum absolute atomic E-state index is 12.9. The Kier molecular flexibility index (Phi) is 68.6. The van der Waals surface area contributed by atoms with Crippen molar-refractivity contribution in [2.24, 2.45) is 0 Å². The minimum absolute atomic E-state index is 0.0679. The summed E-state index contributed by atoms with van der Waals surface area (Å²) in [6.45, 7) is 6.68. The van der Waals surface area contributed by atoms with Gasteiger partial charge in [-0.15, -0.1) is 0 Å². The third-order valence-electron chi connectivity index (χ3n) is 16.6. The molecule has 0 fully saturated rings. The molecule has 0 saturated carbocycles. The molecule has 6 heteroatoms. The maximum Gasteiger partial charge on any atom is 0.306 e. The first kappa shape index (κ1) is 79.4. The third-order valence-corrected chi connectivity index (χ3v) is 16.6. The number of carbonyl (C=O) groups excluding carboxylic acids is 3. The molecular formula is C76H140O6. The van der Waals surface area contributed by atoms with Crippen molar-refractivity contribution in [2.45, 2.75) is 406 Å². The molecule has 0 bridgehead atoms. The van der Waals surface area contributed by atoms with Crippen molar-refractivity contribution >= 4 is 17.9 Å². The second-order valence-electron chi connectivity index (χ2n) is 24.9. The lowest BCUT2D eigenvalue weighted by Gasteiger charge is -2.18. The van der Waals surface area contributed by atoms with Crippen LogP contribution in [-0.4, -0.2) is 37.2 Å². The van der Waals surface area contributed by atoms with E-state index in [2.05, 4.69) is 69.4 Å². The summed E-state index contributed by atoms with van der Waals surface area (Å²) in [5.41, 5.74) is 0. The van der Waals surface area contributed by atoms with E-state index in [0.717, 1.165) is 70.6 Å². The van der Waals surface area contributed by atoms with Crippen molar-refractivity contribution in [1.82, 2.24) is 0 Å². The van der Waals surface area contributed by atoms with E-state index in [4.69, 9.17) is 14.2 Å². The lowest BCUT2D eigenvalue weighted by Crippen LogP contribution is -2.30. The fourth-order valence-corrected chi connectivity index (χ4v) is 11.0. The number of rotatable bonds is 68. The lowest BCUT2D eigenvalue weighted by atomic mass is 10.0. The molecule has 1 unspecified atom stereocenters. The van der Waals surface area contributed by atoms with Crippen LogP contribution in [0, 0.1) is 0 Å². The zero-order chi connectivity index (χ0) is 59.2. The van der Waals surface area contributed by atoms with E-state index in [0.29, 0.717) is 19.3 Å². The van der Waals surface area contributed by atoms with Gasteiger partial charge in [-0.05, 0) is 83.5 Å². The lowest BCUT2D eigenvalue weighted by molar-refractivity contribution is -0.167. The van der Waals surface area contributed by atoms with Crippen molar-refractivity contribution in [3.8, 4) is 0 Å². The smallest absolute Gasteiger partial charge is 0.306 e. The van der Waals surface area contributed by atoms with Crippen molar-refractivity contribution in [1.29, 1.82) is 0 Å². The first-order valence-corrected chi connectivity index (χ1v) is 36.6. The number of carbonyl (C=O) groups is 3. The average molecular weight is 1150 g/mol. The monoisotopic (exact) mass is 1150 g/mol. The van der Waals surface area contributed by atoms with Crippen LogP contribution in [0.1, 0.15) is 400 Å². The number of unbranched alkanes of at least 4 members (excludes halogenated alkanes) is 49. The van der Waals surface area contributed by atoms with Gasteiger partial charge in [-0.1, -0.05) is 345 Å². The highest BCUT2D eigenvalue weighted by molar-refractivity contribution is 5.71. The van der Waals surface area contributed by atoms with Crippen LogP contribution in [-0.2, 0) is 28.6 Å². The molecule has 0 aliphatic carbocycles. The van der Waals surface area contributed by atoms with E-state index < -0.39 is 6.10 Å². The molecule has 0 spiro atoms. The predicted octanol–water partition coefficient (Wildman–Crippen LogP) is 25.3. The molecule has 0 aromatic heterocycles. The first-order valence-electron chi connectivity index (χ1n) is 36.6. The largest absolute Gasteiger partial charge is 0.462 e. The van der Waals surface area contributed by atoms with Crippen molar-refractivity contribution in [3.63, 3.8) is 0 Å². The van der Waals surface area contributed by atoms with E-state index >= 15 is 0 Å². The number of allylic oxidation sites excluding steroid dienone is 8. The minimum atomic E-state index is -0.771. The van der Waals surface area contributed by atoms with Gasteiger partial charge in [-0.3, -0.25) is 14.4 Å². The first-order chi connectivity index (χ1) is 40.5. The molecule has 0 heterocycles. The Hall–Kier alpha value is -2.63. The molecule has 0 aromatic carbocycles. The second kappa shape index (κ2) is 70.9. The van der Waals surface area contributed by atoms with Gasteiger partial charge in [0.25, 0.3) is 0 Å². The predicted molar refractivity (Wildman–Crippen MR) is 358 cm³/mol. The van der Waals surface area contributed by atoms with Gasteiger partial charge in [0.2, 0.25) is 0 Å².